The smallest absolute Gasteiger partial charge is 0.315 e. The molecule has 29 heavy (non-hydrogen) atoms. The van der Waals surface area contributed by atoms with Crippen LogP contribution in [0, 0.1) is 21.4 Å². The number of benzene rings is 2. The van der Waals surface area contributed by atoms with Crippen molar-refractivity contribution in [2.75, 3.05) is 13.7 Å². The SMILES string of the molecule is CCCCOc1c(OC)cc(/C=C(/C#N)c2nc3ccccc3s2)cc1[N+](=O)[O-]. The lowest BCUT2D eigenvalue weighted by molar-refractivity contribution is -0.386. The van der Waals surface area contributed by atoms with Crippen LogP contribution in [0.25, 0.3) is 21.9 Å². The molecule has 1 aromatic heterocycles. The maximum Gasteiger partial charge on any atom is 0.315 e. The lowest BCUT2D eigenvalue weighted by Gasteiger charge is -2.11. The van der Waals surface area contributed by atoms with Crippen LogP contribution < -0.4 is 9.47 Å². The minimum absolute atomic E-state index is 0.0987. The number of allylic oxidation sites excluding steroid dienone is 1. The first kappa shape index (κ1) is 20.3. The maximum absolute atomic E-state index is 11.6. The molecule has 8 heteroatoms. The van der Waals surface area contributed by atoms with E-state index in [2.05, 4.69) is 11.1 Å². The second-order valence-corrected chi connectivity index (χ2v) is 7.22. The molecule has 0 atom stereocenters. The highest BCUT2D eigenvalue weighted by molar-refractivity contribution is 7.19. The summed E-state index contributed by atoms with van der Waals surface area (Å²) >= 11 is 1.39. The van der Waals surface area contributed by atoms with E-state index in [1.165, 1.54) is 24.5 Å². The topological polar surface area (TPSA) is 98.3 Å². The first-order chi connectivity index (χ1) is 14.1. The average Bonchev–Trinajstić information content (AvgIpc) is 3.16. The predicted molar refractivity (Wildman–Crippen MR) is 113 cm³/mol. The van der Waals surface area contributed by atoms with Crippen molar-refractivity contribution in [2.45, 2.75) is 19.8 Å². The Morgan fingerprint density at radius 3 is 2.83 bits per heavy atom. The van der Waals surface area contributed by atoms with E-state index in [0.717, 1.165) is 23.1 Å². The van der Waals surface area contributed by atoms with Crippen LogP contribution in [0.1, 0.15) is 30.3 Å². The third kappa shape index (κ3) is 4.52. The molecule has 0 aliphatic carbocycles. The summed E-state index contributed by atoms with van der Waals surface area (Å²) in [6, 6.07) is 12.7. The first-order valence-corrected chi connectivity index (χ1v) is 9.86. The lowest BCUT2D eigenvalue weighted by Crippen LogP contribution is -2.03. The van der Waals surface area contributed by atoms with Gasteiger partial charge in [0.25, 0.3) is 0 Å². The molecule has 0 N–H and O–H groups in total. The second kappa shape index (κ2) is 9.17. The summed E-state index contributed by atoms with van der Waals surface area (Å²) in [7, 11) is 1.43. The van der Waals surface area contributed by atoms with Crippen molar-refractivity contribution in [3.8, 4) is 17.6 Å². The van der Waals surface area contributed by atoms with Crippen molar-refractivity contribution in [3.05, 3.63) is 57.1 Å². The standard InChI is InChI=1S/C21H19N3O4S/c1-3-4-9-28-20-17(24(25)26)11-14(12-18(20)27-2)10-15(13-22)21-23-16-7-5-6-8-19(16)29-21/h5-8,10-12H,3-4,9H2,1-2H3/b15-10-. The minimum Gasteiger partial charge on any atom is -0.493 e. The molecule has 0 bridgehead atoms. The van der Waals surface area contributed by atoms with Gasteiger partial charge in [-0.3, -0.25) is 10.1 Å². The molecular weight excluding hydrogens is 390 g/mol. The summed E-state index contributed by atoms with van der Waals surface area (Å²) in [5.74, 6) is 0.352. The molecule has 0 radical (unpaired) electrons. The number of nitrogens with zero attached hydrogens (tertiary/aromatic N) is 3. The number of ether oxygens (including phenoxy) is 2. The normalized spacial score (nSPS) is 11.3. The van der Waals surface area contributed by atoms with Crippen molar-refractivity contribution in [1.82, 2.24) is 4.98 Å². The van der Waals surface area contributed by atoms with Crippen LogP contribution in [0.15, 0.2) is 36.4 Å². The van der Waals surface area contributed by atoms with Gasteiger partial charge in [0.2, 0.25) is 5.75 Å². The van der Waals surface area contributed by atoms with Gasteiger partial charge in [-0.05, 0) is 36.3 Å². The van der Waals surface area contributed by atoms with Crippen LogP contribution in [0.4, 0.5) is 5.69 Å². The van der Waals surface area contributed by atoms with Crippen LogP contribution in [-0.4, -0.2) is 23.6 Å². The summed E-state index contributed by atoms with van der Waals surface area (Å²) in [4.78, 5) is 15.6. The molecule has 1 heterocycles. The Balaban J connectivity index is 2.05. The molecular formula is C21H19N3O4S. The summed E-state index contributed by atoms with van der Waals surface area (Å²) < 4.78 is 11.9. The number of hydrogen-bond acceptors (Lipinski definition) is 7. The highest BCUT2D eigenvalue weighted by Gasteiger charge is 2.22. The Morgan fingerprint density at radius 2 is 2.17 bits per heavy atom. The zero-order chi connectivity index (χ0) is 20.8. The summed E-state index contributed by atoms with van der Waals surface area (Å²) in [6.07, 6.45) is 3.26. The zero-order valence-electron chi connectivity index (χ0n) is 16.0. The monoisotopic (exact) mass is 409 g/mol. The predicted octanol–water partition coefficient (Wildman–Crippen LogP) is 5.46. The summed E-state index contributed by atoms with van der Waals surface area (Å²) in [5, 5.41) is 21.8. The van der Waals surface area contributed by atoms with E-state index in [4.69, 9.17) is 9.47 Å². The first-order valence-electron chi connectivity index (χ1n) is 9.04. The molecule has 0 spiro atoms. The highest BCUT2D eigenvalue weighted by Crippen LogP contribution is 2.39. The number of methoxy groups -OCH3 is 1. The van der Waals surface area contributed by atoms with Gasteiger partial charge in [0.1, 0.15) is 11.1 Å². The number of hydrogen-bond donors (Lipinski definition) is 0. The molecule has 0 unspecified atom stereocenters. The van der Waals surface area contributed by atoms with Gasteiger partial charge in [-0.1, -0.05) is 25.5 Å². The quantitative estimate of drug-likeness (QED) is 0.212. The summed E-state index contributed by atoms with van der Waals surface area (Å²) in [5.41, 5.74) is 1.39. The summed E-state index contributed by atoms with van der Waals surface area (Å²) in [6.45, 7) is 2.37. The fourth-order valence-electron chi connectivity index (χ4n) is 2.74. The third-order valence-electron chi connectivity index (χ3n) is 4.17. The van der Waals surface area contributed by atoms with E-state index in [9.17, 15) is 15.4 Å². The molecule has 3 rings (SSSR count). The molecule has 0 saturated heterocycles. The molecule has 0 fully saturated rings. The van der Waals surface area contributed by atoms with Crippen molar-refractivity contribution in [2.24, 2.45) is 0 Å². The Morgan fingerprint density at radius 1 is 1.38 bits per heavy atom. The van der Waals surface area contributed by atoms with Gasteiger partial charge in [0.05, 0.1) is 34.4 Å². The molecule has 0 amide bonds. The van der Waals surface area contributed by atoms with Crippen LogP contribution in [0.2, 0.25) is 0 Å². The Labute approximate surface area is 172 Å². The number of rotatable bonds is 8. The van der Waals surface area contributed by atoms with Crippen molar-refractivity contribution < 1.29 is 14.4 Å². The number of nitriles is 1. The van der Waals surface area contributed by atoms with E-state index in [1.54, 1.807) is 12.1 Å². The van der Waals surface area contributed by atoms with Crippen LogP contribution in [0.5, 0.6) is 11.5 Å². The molecule has 0 aliphatic rings. The van der Waals surface area contributed by atoms with Gasteiger partial charge in [0.15, 0.2) is 5.75 Å². The zero-order valence-corrected chi connectivity index (χ0v) is 16.9. The van der Waals surface area contributed by atoms with Gasteiger partial charge in [-0.25, -0.2) is 4.98 Å². The second-order valence-electron chi connectivity index (χ2n) is 6.19. The number of fused-ring (bicyclic) bond motifs is 1. The molecule has 2 aromatic carbocycles. The third-order valence-corrected chi connectivity index (χ3v) is 5.24. The fourth-order valence-corrected chi connectivity index (χ4v) is 3.67. The van der Waals surface area contributed by atoms with Crippen LogP contribution in [0.3, 0.4) is 0 Å². The molecule has 148 valence electrons. The fraction of sp³-hybridized carbons (Fsp3) is 0.238. The van der Waals surface area contributed by atoms with Crippen LogP contribution in [-0.2, 0) is 0 Å². The lowest BCUT2D eigenvalue weighted by atomic mass is 10.1. The van der Waals surface area contributed by atoms with E-state index < -0.39 is 4.92 Å². The number of para-hydroxylation sites is 1. The molecule has 7 nitrogen and oxygen atoms in total. The Kier molecular flexibility index (Phi) is 6.42. The number of nitro benzene ring substituents is 1. The molecule has 0 aliphatic heterocycles. The van der Waals surface area contributed by atoms with E-state index in [0.29, 0.717) is 22.8 Å². The maximum atomic E-state index is 11.6. The number of unbranched alkanes of at least 4 members (excludes halogenated alkanes) is 1. The van der Waals surface area contributed by atoms with Crippen molar-refractivity contribution in [3.63, 3.8) is 0 Å². The van der Waals surface area contributed by atoms with Gasteiger partial charge in [-0.2, -0.15) is 5.26 Å². The van der Waals surface area contributed by atoms with Gasteiger partial charge in [0, 0.05) is 6.07 Å². The Hall–Kier alpha value is -3.44. The number of thiazole rings is 1. The van der Waals surface area contributed by atoms with E-state index >= 15 is 0 Å². The largest absolute Gasteiger partial charge is 0.493 e. The number of nitro groups is 1. The number of aromatic nitrogens is 1. The minimum atomic E-state index is -0.509. The Bertz CT molecular complexity index is 1080. The van der Waals surface area contributed by atoms with Gasteiger partial charge in [-0.15, -0.1) is 11.3 Å². The molecule has 3 aromatic rings. The van der Waals surface area contributed by atoms with Gasteiger partial charge >= 0.3 is 5.69 Å². The van der Waals surface area contributed by atoms with Crippen LogP contribution >= 0.6 is 11.3 Å². The van der Waals surface area contributed by atoms with E-state index in [-0.39, 0.29) is 17.2 Å². The molecule has 0 saturated carbocycles. The van der Waals surface area contributed by atoms with Crippen molar-refractivity contribution in [1.29, 1.82) is 5.26 Å². The van der Waals surface area contributed by atoms with E-state index in [1.807, 2.05) is 31.2 Å². The average molecular weight is 409 g/mol. The van der Waals surface area contributed by atoms with Crippen molar-refractivity contribution >= 4 is 38.9 Å². The highest BCUT2D eigenvalue weighted by atomic mass is 32.1. The van der Waals surface area contributed by atoms with Gasteiger partial charge < -0.3 is 9.47 Å².